The maximum Gasteiger partial charge on any atom is 0.513 e. The lowest BCUT2D eigenvalue weighted by Gasteiger charge is -2.10. The molecule has 1 aliphatic carbocycles. The molecule has 10 nitrogen and oxygen atoms in total. The van der Waals surface area contributed by atoms with E-state index < -0.39 is 29.9 Å². The Bertz CT molecular complexity index is 1610. The Hall–Kier alpha value is -5.45. The third-order valence-corrected chi connectivity index (χ3v) is 6.99. The predicted octanol–water partition coefficient (Wildman–Crippen LogP) is 7.21. The first-order valence-electron chi connectivity index (χ1n) is 14.6. The van der Waals surface area contributed by atoms with Crippen LogP contribution in [0.1, 0.15) is 60.0 Å². The minimum Gasteiger partial charge on any atom is -0.494 e. The SMILES string of the molecule is C=COC(=O)CCCOC(=O)Oc1ccc2c(c1)C(C)c1cc(OC(=O)c3ccc(OCCCCOC(=O)C(=C)F)cc3)ccc1-2. The molecule has 11 heteroatoms. The van der Waals surface area contributed by atoms with E-state index in [9.17, 15) is 23.6 Å². The molecule has 0 saturated carbocycles. The van der Waals surface area contributed by atoms with Crippen molar-refractivity contribution in [3.8, 4) is 28.4 Å². The van der Waals surface area contributed by atoms with Crippen molar-refractivity contribution in [1.29, 1.82) is 0 Å². The van der Waals surface area contributed by atoms with Gasteiger partial charge in [0.25, 0.3) is 0 Å². The number of benzene rings is 3. The molecular formula is C35H33FO10. The summed E-state index contributed by atoms with van der Waals surface area (Å²) in [5.74, 6) is -2.00. The molecule has 0 aliphatic heterocycles. The van der Waals surface area contributed by atoms with Gasteiger partial charge in [0.05, 0.1) is 31.6 Å². The van der Waals surface area contributed by atoms with Crippen molar-refractivity contribution in [2.45, 2.75) is 38.5 Å². The van der Waals surface area contributed by atoms with Gasteiger partial charge in [-0.1, -0.05) is 32.2 Å². The number of hydrogen-bond donors (Lipinski definition) is 0. The van der Waals surface area contributed by atoms with Crippen LogP contribution in [0.4, 0.5) is 9.18 Å². The molecule has 0 fully saturated rings. The molecule has 3 aromatic carbocycles. The molecule has 0 radical (unpaired) electrons. The molecule has 46 heavy (non-hydrogen) atoms. The van der Waals surface area contributed by atoms with Crippen LogP contribution in [0, 0.1) is 0 Å². The summed E-state index contributed by atoms with van der Waals surface area (Å²) >= 11 is 0. The number of carbonyl (C=O) groups excluding carboxylic acids is 4. The average molecular weight is 633 g/mol. The monoisotopic (exact) mass is 632 g/mol. The van der Waals surface area contributed by atoms with E-state index in [1.807, 2.05) is 25.1 Å². The molecule has 1 atom stereocenters. The highest BCUT2D eigenvalue weighted by Gasteiger charge is 2.27. The minimum atomic E-state index is -1.13. The Balaban J connectivity index is 1.26. The van der Waals surface area contributed by atoms with Gasteiger partial charge in [0, 0.05) is 12.3 Å². The Morgan fingerprint density at radius 3 is 2.00 bits per heavy atom. The zero-order valence-corrected chi connectivity index (χ0v) is 25.3. The summed E-state index contributed by atoms with van der Waals surface area (Å²) in [5, 5.41) is 0. The van der Waals surface area contributed by atoms with E-state index in [2.05, 4.69) is 22.6 Å². The summed E-state index contributed by atoms with van der Waals surface area (Å²) in [5.41, 5.74) is 4.20. The molecule has 0 amide bonds. The van der Waals surface area contributed by atoms with Crippen LogP contribution < -0.4 is 14.2 Å². The highest BCUT2D eigenvalue weighted by atomic mass is 19.1. The fourth-order valence-electron chi connectivity index (χ4n) is 4.72. The number of ether oxygens (including phenoxy) is 6. The molecule has 0 spiro atoms. The van der Waals surface area contributed by atoms with E-state index in [4.69, 9.17) is 18.9 Å². The van der Waals surface area contributed by atoms with Crippen molar-refractivity contribution < 1.29 is 52.0 Å². The van der Waals surface area contributed by atoms with Gasteiger partial charge in [-0.05, 0) is 90.0 Å². The van der Waals surface area contributed by atoms with Gasteiger partial charge in [-0.3, -0.25) is 4.79 Å². The van der Waals surface area contributed by atoms with Crippen LogP contribution in [0.3, 0.4) is 0 Å². The first kappa shape index (κ1) is 33.4. The summed E-state index contributed by atoms with van der Waals surface area (Å²) in [6.45, 7) is 8.60. The summed E-state index contributed by atoms with van der Waals surface area (Å²) in [6.07, 6.45) is 1.61. The lowest BCUT2D eigenvalue weighted by atomic mass is 9.99. The Morgan fingerprint density at radius 2 is 1.37 bits per heavy atom. The average Bonchev–Trinajstić information content (AvgIpc) is 3.31. The third kappa shape index (κ3) is 9.04. The standard InChI is InChI=1S/C35H33FO10/c1-4-41-32(37)8-7-19-44-35(40)46-27-14-16-29-28-15-13-26(20-30(28)22(2)31(29)21-27)45-34(39)24-9-11-25(12-10-24)42-17-5-6-18-43-33(38)23(3)36/h4,9-16,20-22H,1,3,5-8,17-19H2,2H3. The van der Waals surface area contributed by atoms with Crippen LogP contribution >= 0.6 is 0 Å². The smallest absolute Gasteiger partial charge is 0.494 e. The van der Waals surface area contributed by atoms with Crippen LogP contribution in [0.15, 0.2) is 85.9 Å². The number of hydrogen-bond acceptors (Lipinski definition) is 10. The van der Waals surface area contributed by atoms with E-state index in [0.29, 0.717) is 42.3 Å². The summed E-state index contributed by atoms with van der Waals surface area (Å²) in [4.78, 5) is 47.3. The molecular weight excluding hydrogens is 599 g/mol. The zero-order valence-electron chi connectivity index (χ0n) is 25.3. The molecule has 240 valence electrons. The number of unbranched alkanes of at least 4 members (excludes halogenated alkanes) is 1. The Morgan fingerprint density at radius 1 is 0.783 bits per heavy atom. The highest BCUT2D eigenvalue weighted by Crippen LogP contribution is 2.47. The van der Waals surface area contributed by atoms with Crippen LogP contribution in [-0.2, 0) is 23.8 Å². The highest BCUT2D eigenvalue weighted by molar-refractivity contribution is 5.91. The maximum absolute atomic E-state index is 12.8. The Labute approximate surface area is 265 Å². The van der Waals surface area contributed by atoms with Gasteiger partial charge in [0.15, 0.2) is 0 Å². The second-order valence-electron chi connectivity index (χ2n) is 10.2. The quantitative estimate of drug-likeness (QED) is 0.0323. The second-order valence-corrected chi connectivity index (χ2v) is 10.2. The first-order chi connectivity index (χ1) is 22.2. The van der Waals surface area contributed by atoms with Gasteiger partial charge in [0.1, 0.15) is 17.2 Å². The lowest BCUT2D eigenvalue weighted by Crippen LogP contribution is -2.12. The molecule has 0 heterocycles. The van der Waals surface area contributed by atoms with E-state index in [1.165, 1.54) is 0 Å². The van der Waals surface area contributed by atoms with Gasteiger partial charge in [0.2, 0.25) is 5.83 Å². The molecule has 1 aliphatic rings. The summed E-state index contributed by atoms with van der Waals surface area (Å²) < 4.78 is 43.5. The van der Waals surface area contributed by atoms with Gasteiger partial charge in [-0.2, -0.15) is 4.39 Å². The number of rotatable bonds is 15. The van der Waals surface area contributed by atoms with Crippen molar-refractivity contribution in [3.05, 3.63) is 103 Å². The fraction of sp³-hybridized carbons (Fsp3) is 0.257. The topological polar surface area (TPSA) is 124 Å². The van der Waals surface area contributed by atoms with Crippen LogP contribution in [-0.4, -0.2) is 43.9 Å². The third-order valence-electron chi connectivity index (χ3n) is 6.99. The molecule has 0 aromatic heterocycles. The molecule has 0 saturated heterocycles. The van der Waals surface area contributed by atoms with E-state index in [0.717, 1.165) is 28.5 Å². The molecule has 1 unspecified atom stereocenters. The summed E-state index contributed by atoms with van der Waals surface area (Å²) in [7, 11) is 0. The van der Waals surface area contributed by atoms with Crippen LogP contribution in [0.2, 0.25) is 0 Å². The normalized spacial score (nSPS) is 12.6. The lowest BCUT2D eigenvalue weighted by molar-refractivity contribution is -0.141. The van der Waals surface area contributed by atoms with Crippen molar-refractivity contribution in [2.75, 3.05) is 19.8 Å². The van der Waals surface area contributed by atoms with Crippen molar-refractivity contribution in [3.63, 3.8) is 0 Å². The zero-order chi connectivity index (χ0) is 33.1. The van der Waals surface area contributed by atoms with E-state index in [-0.39, 0.29) is 32.0 Å². The molecule has 0 bridgehead atoms. The number of halogens is 1. The van der Waals surface area contributed by atoms with Crippen molar-refractivity contribution in [2.24, 2.45) is 0 Å². The van der Waals surface area contributed by atoms with Crippen LogP contribution in [0.5, 0.6) is 17.2 Å². The molecule has 0 N–H and O–H groups in total. The van der Waals surface area contributed by atoms with Gasteiger partial charge in [-0.15, -0.1) is 0 Å². The number of carbonyl (C=O) groups is 4. The van der Waals surface area contributed by atoms with E-state index in [1.54, 1.807) is 42.5 Å². The van der Waals surface area contributed by atoms with Gasteiger partial charge < -0.3 is 28.4 Å². The number of esters is 3. The van der Waals surface area contributed by atoms with E-state index >= 15 is 0 Å². The van der Waals surface area contributed by atoms with Crippen LogP contribution in [0.25, 0.3) is 11.1 Å². The predicted molar refractivity (Wildman–Crippen MR) is 164 cm³/mol. The van der Waals surface area contributed by atoms with Gasteiger partial charge in [-0.25, -0.2) is 14.4 Å². The minimum absolute atomic E-state index is 0.000108. The fourth-order valence-corrected chi connectivity index (χ4v) is 4.72. The van der Waals surface area contributed by atoms with Crippen molar-refractivity contribution >= 4 is 24.1 Å². The van der Waals surface area contributed by atoms with Gasteiger partial charge >= 0.3 is 24.1 Å². The second kappa shape index (κ2) is 16.0. The molecule has 3 aromatic rings. The Kier molecular flexibility index (Phi) is 11.7. The van der Waals surface area contributed by atoms with Crippen molar-refractivity contribution in [1.82, 2.24) is 0 Å². The maximum atomic E-state index is 12.8. The largest absolute Gasteiger partial charge is 0.513 e. The molecule has 4 rings (SSSR count). The first-order valence-corrected chi connectivity index (χ1v) is 14.6. The number of fused-ring (bicyclic) bond motifs is 3. The summed E-state index contributed by atoms with van der Waals surface area (Å²) in [6, 6.07) is 17.2.